The van der Waals surface area contributed by atoms with Gasteiger partial charge in [-0.25, -0.2) is 0 Å². The molecule has 1 aromatic rings. The zero-order chi connectivity index (χ0) is 11.9. The molecule has 0 unspecified atom stereocenters. The molecule has 1 aliphatic carbocycles. The van der Waals surface area contributed by atoms with Crippen LogP contribution in [-0.2, 0) is 11.0 Å². The number of nitrogens with two attached hydrogens (primary N) is 1. The Morgan fingerprint density at radius 1 is 1.38 bits per heavy atom. The fourth-order valence-corrected chi connectivity index (χ4v) is 1.82. The first kappa shape index (κ1) is 11.0. The van der Waals surface area contributed by atoms with Crippen LogP contribution in [0.4, 0.5) is 13.2 Å². The van der Waals surface area contributed by atoms with E-state index >= 15 is 0 Å². The Morgan fingerprint density at radius 3 is 2.56 bits per heavy atom. The molecule has 0 heterocycles. The maximum Gasteiger partial charge on any atom is 0.416 e. The van der Waals surface area contributed by atoms with Crippen LogP contribution in [0.3, 0.4) is 0 Å². The summed E-state index contributed by atoms with van der Waals surface area (Å²) in [6, 6.07) is 5.07. The molecule has 16 heavy (non-hydrogen) atoms. The Morgan fingerprint density at radius 2 is 2.06 bits per heavy atom. The van der Waals surface area contributed by atoms with Gasteiger partial charge in [-0.1, -0.05) is 18.2 Å². The Kier molecular flexibility index (Phi) is 2.40. The second-order valence-electron chi connectivity index (χ2n) is 3.97. The van der Waals surface area contributed by atoms with Gasteiger partial charge in [0.15, 0.2) is 0 Å². The van der Waals surface area contributed by atoms with Crippen molar-refractivity contribution in [2.75, 3.05) is 0 Å². The van der Waals surface area contributed by atoms with E-state index in [2.05, 4.69) is 0 Å². The van der Waals surface area contributed by atoms with Gasteiger partial charge in [0.2, 0.25) is 5.91 Å². The van der Waals surface area contributed by atoms with Gasteiger partial charge in [-0.15, -0.1) is 0 Å². The van der Waals surface area contributed by atoms with Crippen molar-refractivity contribution in [3.05, 3.63) is 35.4 Å². The highest BCUT2D eigenvalue weighted by atomic mass is 19.4. The molecule has 2 nitrogen and oxygen atoms in total. The lowest BCUT2D eigenvalue weighted by Gasteiger charge is -2.08. The molecule has 0 bridgehead atoms. The first-order valence-corrected chi connectivity index (χ1v) is 4.86. The van der Waals surface area contributed by atoms with Crippen LogP contribution in [0.5, 0.6) is 0 Å². The molecule has 0 aromatic heterocycles. The van der Waals surface area contributed by atoms with Crippen LogP contribution in [0, 0.1) is 5.92 Å². The van der Waals surface area contributed by atoms with Gasteiger partial charge >= 0.3 is 6.18 Å². The van der Waals surface area contributed by atoms with E-state index in [9.17, 15) is 18.0 Å². The molecule has 1 saturated carbocycles. The quantitative estimate of drug-likeness (QED) is 0.830. The summed E-state index contributed by atoms with van der Waals surface area (Å²) in [7, 11) is 0. The highest BCUT2D eigenvalue weighted by Gasteiger charge is 2.43. The van der Waals surface area contributed by atoms with Crippen LogP contribution in [-0.4, -0.2) is 5.91 Å². The van der Waals surface area contributed by atoms with Gasteiger partial charge in [0.05, 0.1) is 5.56 Å². The maximum absolute atomic E-state index is 12.4. The fraction of sp³-hybridized carbons (Fsp3) is 0.364. The molecular formula is C11H10F3NO. The van der Waals surface area contributed by atoms with Gasteiger partial charge in [0.1, 0.15) is 0 Å². The Balaban J connectivity index is 2.22. The third-order valence-electron chi connectivity index (χ3n) is 2.80. The van der Waals surface area contributed by atoms with Gasteiger partial charge in [0.25, 0.3) is 0 Å². The van der Waals surface area contributed by atoms with Crippen LogP contribution in [0.2, 0.25) is 0 Å². The first-order valence-electron chi connectivity index (χ1n) is 4.86. The number of amides is 1. The zero-order valence-electron chi connectivity index (χ0n) is 8.29. The largest absolute Gasteiger partial charge is 0.416 e. The number of benzene rings is 1. The van der Waals surface area contributed by atoms with E-state index < -0.39 is 17.6 Å². The predicted octanol–water partition coefficient (Wildman–Crippen LogP) is 2.29. The smallest absolute Gasteiger partial charge is 0.369 e. The highest BCUT2D eigenvalue weighted by molar-refractivity contribution is 5.81. The third-order valence-corrected chi connectivity index (χ3v) is 2.80. The summed E-state index contributed by atoms with van der Waals surface area (Å²) in [5, 5.41) is 0. The molecule has 0 spiro atoms. The van der Waals surface area contributed by atoms with E-state index in [0.29, 0.717) is 12.0 Å². The minimum atomic E-state index is -4.34. The summed E-state index contributed by atoms with van der Waals surface area (Å²) in [5.74, 6) is -0.884. The van der Waals surface area contributed by atoms with Crippen LogP contribution >= 0.6 is 0 Å². The molecule has 2 atom stereocenters. The van der Waals surface area contributed by atoms with Gasteiger partial charge in [-0.05, 0) is 24.0 Å². The average molecular weight is 229 g/mol. The number of primary amides is 1. The molecular weight excluding hydrogens is 219 g/mol. The number of carbonyl (C=O) groups excluding carboxylic acids is 1. The molecule has 1 amide bonds. The molecule has 2 N–H and O–H groups in total. The standard InChI is InChI=1S/C11H10F3NO/c12-11(13,14)7-3-1-2-6(4-7)8-5-9(8)10(15)16/h1-4,8-9H,5H2,(H2,15,16)/t8-,9-/m0/s1. The van der Waals surface area contributed by atoms with Crippen molar-refractivity contribution in [3.8, 4) is 0 Å². The third kappa shape index (κ3) is 2.03. The van der Waals surface area contributed by atoms with Crippen LogP contribution in [0.25, 0.3) is 0 Å². The molecule has 0 radical (unpaired) electrons. The number of halogens is 3. The fourth-order valence-electron chi connectivity index (χ4n) is 1.82. The first-order chi connectivity index (χ1) is 7.39. The van der Waals surface area contributed by atoms with Gasteiger partial charge in [-0.2, -0.15) is 13.2 Å². The SMILES string of the molecule is NC(=O)[C@H]1C[C@H]1c1cccc(C(F)(F)F)c1. The molecule has 86 valence electrons. The molecule has 1 aliphatic rings. The van der Waals surface area contributed by atoms with E-state index in [-0.39, 0.29) is 11.8 Å². The summed E-state index contributed by atoms with van der Waals surface area (Å²) in [6.07, 6.45) is -3.79. The Hall–Kier alpha value is -1.52. The van der Waals surface area contributed by atoms with Crippen molar-refractivity contribution in [3.63, 3.8) is 0 Å². The molecule has 5 heteroatoms. The molecule has 1 fully saturated rings. The Bertz CT molecular complexity index is 427. The Labute approximate surface area is 90.2 Å². The van der Waals surface area contributed by atoms with E-state index in [4.69, 9.17) is 5.73 Å². The lowest BCUT2D eigenvalue weighted by Crippen LogP contribution is -2.13. The minimum Gasteiger partial charge on any atom is -0.369 e. The minimum absolute atomic E-state index is 0.139. The topological polar surface area (TPSA) is 43.1 Å². The van der Waals surface area contributed by atoms with Crippen LogP contribution in [0.15, 0.2) is 24.3 Å². The van der Waals surface area contributed by atoms with E-state index in [1.807, 2.05) is 0 Å². The van der Waals surface area contributed by atoms with Gasteiger partial charge in [-0.3, -0.25) is 4.79 Å². The van der Waals surface area contributed by atoms with Crippen molar-refractivity contribution >= 4 is 5.91 Å². The predicted molar refractivity (Wildman–Crippen MR) is 51.5 cm³/mol. The number of hydrogen-bond acceptors (Lipinski definition) is 1. The second-order valence-corrected chi connectivity index (χ2v) is 3.97. The lowest BCUT2D eigenvalue weighted by molar-refractivity contribution is -0.137. The summed E-state index contributed by atoms with van der Waals surface area (Å²) in [5.41, 5.74) is 4.95. The average Bonchev–Trinajstić information content (AvgIpc) is 2.96. The number of rotatable bonds is 2. The maximum atomic E-state index is 12.4. The van der Waals surface area contributed by atoms with Crippen LogP contribution < -0.4 is 5.73 Å². The van der Waals surface area contributed by atoms with Gasteiger partial charge in [0, 0.05) is 5.92 Å². The van der Waals surface area contributed by atoms with Crippen molar-refractivity contribution in [2.24, 2.45) is 11.7 Å². The van der Waals surface area contributed by atoms with E-state index in [0.717, 1.165) is 12.1 Å². The summed E-state index contributed by atoms with van der Waals surface area (Å²) in [6.45, 7) is 0. The molecule has 1 aromatic carbocycles. The number of hydrogen-bond donors (Lipinski definition) is 1. The summed E-state index contributed by atoms with van der Waals surface area (Å²) in [4.78, 5) is 10.8. The second kappa shape index (κ2) is 3.50. The van der Waals surface area contributed by atoms with E-state index in [1.54, 1.807) is 6.07 Å². The molecule has 2 rings (SSSR count). The number of alkyl halides is 3. The highest BCUT2D eigenvalue weighted by Crippen LogP contribution is 2.47. The van der Waals surface area contributed by atoms with Crippen molar-refractivity contribution in [2.45, 2.75) is 18.5 Å². The monoisotopic (exact) mass is 229 g/mol. The van der Waals surface area contributed by atoms with Crippen LogP contribution in [0.1, 0.15) is 23.5 Å². The molecule has 0 aliphatic heterocycles. The normalized spacial score (nSPS) is 24.2. The zero-order valence-corrected chi connectivity index (χ0v) is 8.29. The van der Waals surface area contributed by atoms with Crippen molar-refractivity contribution in [1.29, 1.82) is 0 Å². The van der Waals surface area contributed by atoms with E-state index in [1.165, 1.54) is 6.07 Å². The van der Waals surface area contributed by atoms with Gasteiger partial charge < -0.3 is 5.73 Å². The van der Waals surface area contributed by atoms with Crippen molar-refractivity contribution < 1.29 is 18.0 Å². The number of carbonyl (C=O) groups is 1. The summed E-state index contributed by atoms with van der Waals surface area (Å²) >= 11 is 0. The van der Waals surface area contributed by atoms with Crippen molar-refractivity contribution in [1.82, 2.24) is 0 Å². The summed E-state index contributed by atoms with van der Waals surface area (Å²) < 4.78 is 37.2. The molecule has 0 saturated heterocycles. The lowest BCUT2D eigenvalue weighted by atomic mass is 10.1.